The fourth-order valence-electron chi connectivity index (χ4n) is 3.91. The van der Waals surface area contributed by atoms with E-state index in [2.05, 4.69) is 16.8 Å². The molecule has 6 nitrogen and oxygen atoms in total. The molecule has 1 aliphatic rings. The molecule has 0 saturated heterocycles. The third-order valence-electron chi connectivity index (χ3n) is 5.14. The molecule has 2 aromatic carbocycles. The molecule has 0 atom stereocenters. The summed E-state index contributed by atoms with van der Waals surface area (Å²) in [7, 11) is 0. The van der Waals surface area contributed by atoms with Crippen LogP contribution in [-0.4, -0.2) is 27.5 Å². The molecule has 0 radical (unpaired) electrons. The first kappa shape index (κ1) is 19.7. The summed E-state index contributed by atoms with van der Waals surface area (Å²) in [5.41, 5.74) is 8.37. The first-order valence-corrected chi connectivity index (χ1v) is 10.0. The molecule has 152 valence electrons. The van der Waals surface area contributed by atoms with Crippen LogP contribution in [0.15, 0.2) is 67.0 Å². The van der Waals surface area contributed by atoms with Gasteiger partial charge in [-0.3, -0.25) is 14.9 Å². The number of aryl methyl sites for hydroxylation is 1. The standard InChI is InChI=1S/C22H17N3O2.C2H7N/c1-2-24-13-16(15-8-4-6-10-18(15)24)19-20(22(27)23-21(19)26)25-12-11-14-7-3-5-9-17(14)25;1-2-3/h3-13H,2H2,1H3,(H,23,26,27);2-3H2,1H3. The van der Waals surface area contributed by atoms with E-state index >= 15 is 0 Å². The van der Waals surface area contributed by atoms with Crippen LogP contribution in [0.4, 0.5) is 0 Å². The molecule has 2 aromatic heterocycles. The van der Waals surface area contributed by atoms with Crippen molar-refractivity contribution in [2.45, 2.75) is 20.4 Å². The predicted molar refractivity (Wildman–Crippen MR) is 121 cm³/mol. The van der Waals surface area contributed by atoms with Crippen molar-refractivity contribution in [3.05, 3.63) is 72.6 Å². The minimum Gasteiger partial charge on any atom is -0.347 e. The average Bonchev–Trinajstić information content (AvgIpc) is 3.41. The summed E-state index contributed by atoms with van der Waals surface area (Å²) >= 11 is 0. The van der Waals surface area contributed by atoms with Gasteiger partial charge in [0.15, 0.2) is 0 Å². The number of nitrogens with two attached hydrogens (primary N) is 1. The molecule has 3 heterocycles. The van der Waals surface area contributed by atoms with E-state index in [9.17, 15) is 9.59 Å². The number of imide groups is 1. The molecule has 0 fully saturated rings. The average molecular weight is 400 g/mol. The van der Waals surface area contributed by atoms with Gasteiger partial charge in [0.2, 0.25) is 0 Å². The van der Waals surface area contributed by atoms with Gasteiger partial charge in [0.25, 0.3) is 11.8 Å². The van der Waals surface area contributed by atoms with E-state index in [1.807, 2.05) is 78.5 Å². The first-order chi connectivity index (χ1) is 14.6. The van der Waals surface area contributed by atoms with E-state index in [1.54, 1.807) is 0 Å². The Labute approximate surface area is 174 Å². The molecule has 0 unspecified atom stereocenters. The van der Waals surface area contributed by atoms with Gasteiger partial charge in [0.1, 0.15) is 5.70 Å². The number of nitrogens with one attached hydrogen (secondary N) is 1. The van der Waals surface area contributed by atoms with E-state index in [1.165, 1.54) is 0 Å². The number of nitrogens with zero attached hydrogens (tertiary/aromatic N) is 2. The smallest absolute Gasteiger partial charge is 0.275 e. The zero-order chi connectivity index (χ0) is 21.3. The van der Waals surface area contributed by atoms with Crippen molar-refractivity contribution >= 4 is 44.9 Å². The molecule has 0 saturated carbocycles. The maximum atomic E-state index is 12.8. The van der Waals surface area contributed by atoms with Crippen molar-refractivity contribution in [2.24, 2.45) is 5.73 Å². The van der Waals surface area contributed by atoms with Crippen LogP contribution in [0.2, 0.25) is 0 Å². The van der Waals surface area contributed by atoms with Gasteiger partial charge in [-0.25, -0.2) is 0 Å². The van der Waals surface area contributed by atoms with Gasteiger partial charge < -0.3 is 14.9 Å². The van der Waals surface area contributed by atoms with E-state index < -0.39 is 0 Å². The quantitative estimate of drug-likeness (QED) is 0.516. The molecule has 30 heavy (non-hydrogen) atoms. The van der Waals surface area contributed by atoms with Gasteiger partial charge in [-0.15, -0.1) is 0 Å². The fraction of sp³-hybridized carbons (Fsp3) is 0.167. The summed E-state index contributed by atoms with van der Waals surface area (Å²) in [6.07, 6.45) is 3.81. The first-order valence-electron chi connectivity index (χ1n) is 10.0. The molecular weight excluding hydrogens is 376 g/mol. The minimum atomic E-state index is -0.371. The lowest BCUT2D eigenvalue weighted by Gasteiger charge is -2.07. The highest BCUT2D eigenvalue weighted by atomic mass is 16.2. The second kappa shape index (κ2) is 8.00. The van der Waals surface area contributed by atoms with Crippen molar-refractivity contribution in [3.63, 3.8) is 0 Å². The number of hydrogen-bond acceptors (Lipinski definition) is 3. The number of amides is 2. The van der Waals surface area contributed by atoms with Gasteiger partial charge >= 0.3 is 0 Å². The third-order valence-corrected chi connectivity index (χ3v) is 5.14. The number of fused-ring (bicyclic) bond motifs is 2. The summed E-state index contributed by atoms with van der Waals surface area (Å²) in [6.45, 7) is 5.50. The number of benzene rings is 2. The fourth-order valence-corrected chi connectivity index (χ4v) is 3.91. The number of carbonyl (C=O) groups excluding carboxylic acids is 2. The molecule has 1 aliphatic heterocycles. The molecule has 5 rings (SSSR count). The number of rotatable bonds is 3. The van der Waals surface area contributed by atoms with E-state index in [4.69, 9.17) is 5.73 Å². The topological polar surface area (TPSA) is 82.0 Å². The summed E-state index contributed by atoms with van der Waals surface area (Å²) in [4.78, 5) is 25.5. The Morgan fingerprint density at radius 1 is 0.900 bits per heavy atom. The van der Waals surface area contributed by atoms with Gasteiger partial charge in [0.05, 0.1) is 11.1 Å². The highest BCUT2D eigenvalue weighted by Crippen LogP contribution is 2.35. The normalized spacial score (nSPS) is 13.7. The molecule has 0 bridgehead atoms. The Hall–Kier alpha value is -3.64. The molecule has 4 aromatic rings. The highest BCUT2D eigenvalue weighted by molar-refractivity contribution is 6.47. The lowest BCUT2D eigenvalue weighted by atomic mass is 10.0. The summed E-state index contributed by atoms with van der Waals surface area (Å²) in [6, 6.07) is 17.7. The van der Waals surface area contributed by atoms with Crippen molar-refractivity contribution in [1.82, 2.24) is 14.5 Å². The molecule has 3 N–H and O–H groups in total. The Morgan fingerprint density at radius 2 is 1.57 bits per heavy atom. The Bertz CT molecular complexity index is 1290. The summed E-state index contributed by atoms with van der Waals surface area (Å²) in [5.74, 6) is -0.725. The van der Waals surface area contributed by atoms with Crippen LogP contribution in [0.1, 0.15) is 19.4 Å². The van der Waals surface area contributed by atoms with E-state index in [0.29, 0.717) is 11.3 Å². The minimum absolute atomic E-state index is 0.355. The summed E-state index contributed by atoms with van der Waals surface area (Å²) in [5, 5.41) is 4.47. The molecule has 6 heteroatoms. The van der Waals surface area contributed by atoms with Crippen molar-refractivity contribution in [2.75, 3.05) is 6.54 Å². The second-order valence-electron chi connectivity index (χ2n) is 7.01. The molecule has 2 amide bonds. The van der Waals surface area contributed by atoms with Crippen molar-refractivity contribution in [1.29, 1.82) is 0 Å². The van der Waals surface area contributed by atoms with Crippen LogP contribution in [0, 0.1) is 0 Å². The predicted octanol–water partition coefficient (Wildman–Crippen LogP) is 3.61. The van der Waals surface area contributed by atoms with Crippen LogP contribution in [0.25, 0.3) is 33.1 Å². The van der Waals surface area contributed by atoms with Crippen molar-refractivity contribution < 1.29 is 9.59 Å². The van der Waals surface area contributed by atoms with Crippen LogP contribution < -0.4 is 11.1 Å². The zero-order valence-electron chi connectivity index (χ0n) is 17.1. The lowest BCUT2D eigenvalue weighted by Crippen LogP contribution is -2.23. The van der Waals surface area contributed by atoms with Crippen LogP contribution in [0.5, 0.6) is 0 Å². The highest BCUT2D eigenvalue weighted by Gasteiger charge is 2.34. The molecular formula is C24H24N4O2. The van der Waals surface area contributed by atoms with Gasteiger partial charge in [-0.2, -0.15) is 0 Å². The van der Waals surface area contributed by atoms with Crippen molar-refractivity contribution in [3.8, 4) is 0 Å². The molecule has 0 aliphatic carbocycles. The third kappa shape index (κ3) is 3.11. The zero-order valence-corrected chi connectivity index (χ0v) is 17.1. The maximum Gasteiger partial charge on any atom is 0.275 e. The maximum absolute atomic E-state index is 12.8. The largest absolute Gasteiger partial charge is 0.347 e. The van der Waals surface area contributed by atoms with Crippen LogP contribution >= 0.6 is 0 Å². The molecule has 0 spiro atoms. The number of hydrogen-bond donors (Lipinski definition) is 2. The Kier molecular flexibility index (Phi) is 5.25. The van der Waals surface area contributed by atoms with Gasteiger partial charge in [-0.1, -0.05) is 43.3 Å². The number of aromatic nitrogens is 2. The monoisotopic (exact) mass is 400 g/mol. The van der Waals surface area contributed by atoms with Crippen LogP contribution in [0.3, 0.4) is 0 Å². The van der Waals surface area contributed by atoms with Gasteiger partial charge in [-0.05, 0) is 37.1 Å². The van der Waals surface area contributed by atoms with Gasteiger partial charge in [0, 0.05) is 35.4 Å². The van der Waals surface area contributed by atoms with Crippen LogP contribution in [-0.2, 0) is 16.1 Å². The Morgan fingerprint density at radius 3 is 2.30 bits per heavy atom. The number of para-hydroxylation sites is 2. The number of carbonyl (C=O) groups is 2. The van der Waals surface area contributed by atoms with E-state index in [0.717, 1.165) is 40.5 Å². The second-order valence-corrected chi connectivity index (χ2v) is 7.01. The van der Waals surface area contributed by atoms with E-state index in [-0.39, 0.29) is 11.8 Å². The lowest BCUT2D eigenvalue weighted by molar-refractivity contribution is -0.122. The summed E-state index contributed by atoms with van der Waals surface area (Å²) < 4.78 is 3.90. The SMILES string of the molecule is CCN.CCn1cc(C2=C(n3ccc4ccccc43)C(=O)NC2=O)c2ccccc21. The Balaban J connectivity index is 0.000000687.